The van der Waals surface area contributed by atoms with Crippen LogP contribution >= 0.6 is 15.9 Å². The lowest BCUT2D eigenvalue weighted by Crippen LogP contribution is -2.15. The topological polar surface area (TPSA) is 55.9 Å². The van der Waals surface area contributed by atoms with Crippen molar-refractivity contribution >= 4 is 32.9 Å². The van der Waals surface area contributed by atoms with Gasteiger partial charge in [0.05, 0.1) is 17.1 Å². The van der Waals surface area contributed by atoms with E-state index in [1.807, 2.05) is 12.1 Å². The maximum atomic E-state index is 5.99. The molecule has 0 bridgehead atoms. The molecular formula is C11H13BrN4. The molecule has 2 heterocycles. The summed E-state index contributed by atoms with van der Waals surface area (Å²) < 4.78 is 3.18. The van der Waals surface area contributed by atoms with Crippen molar-refractivity contribution < 1.29 is 0 Å². The Balaban J connectivity index is 2.18. The van der Waals surface area contributed by atoms with E-state index >= 15 is 0 Å². The van der Waals surface area contributed by atoms with E-state index in [-0.39, 0.29) is 0 Å². The van der Waals surface area contributed by atoms with Gasteiger partial charge in [-0.1, -0.05) is 15.9 Å². The standard InChI is InChI=1S/C11H13BrN4/c12-7-1-2-10-9(5-7)15-11(13)16(10)8-3-4-14-6-8/h1-2,5,8,14H,3-4,6H2,(H2,13,15). The van der Waals surface area contributed by atoms with Crippen molar-refractivity contribution in [3.8, 4) is 0 Å². The number of nitrogens with one attached hydrogen (secondary N) is 1. The van der Waals surface area contributed by atoms with E-state index in [9.17, 15) is 0 Å². The summed E-state index contributed by atoms with van der Waals surface area (Å²) in [4.78, 5) is 4.40. The number of halogens is 1. The van der Waals surface area contributed by atoms with Crippen molar-refractivity contribution in [2.75, 3.05) is 18.8 Å². The fraction of sp³-hybridized carbons (Fsp3) is 0.364. The monoisotopic (exact) mass is 280 g/mol. The second kappa shape index (κ2) is 3.75. The molecule has 3 N–H and O–H groups in total. The van der Waals surface area contributed by atoms with E-state index in [0.717, 1.165) is 35.0 Å². The zero-order valence-corrected chi connectivity index (χ0v) is 10.4. The minimum absolute atomic E-state index is 0.436. The summed E-state index contributed by atoms with van der Waals surface area (Å²) in [6, 6.07) is 6.54. The summed E-state index contributed by atoms with van der Waals surface area (Å²) in [6.07, 6.45) is 1.12. The molecule has 3 rings (SSSR count). The Morgan fingerprint density at radius 2 is 2.38 bits per heavy atom. The van der Waals surface area contributed by atoms with Gasteiger partial charge in [0.1, 0.15) is 0 Å². The highest BCUT2D eigenvalue weighted by Crippen LogP contribution is 2.27. The molecule has 1 aliphatic rings. The van der Waals surface area contributed by atoms with Crippen LogP contribution in [0.5, 0.6) is 0 Å². The molecular weight excluding hydrogens is 268 g/mol. The lowest BCUT2D eigenvalue weighted by atomic mass is 10.2. The quantitative estimate of drug-likeness (QED) is 0.839. The average Bonchev–Trinajstić information content (AvgIpc) is 2.83. The molecule has 0 aliphatic carbocycles. The number of hydrogen-bond acceptors (Lipinski definition) is 3. The van der Waals surface area contributed by atoms with Gasteiger partial charge in [-0.25, -0.2) is 4.98 Å². The molecule has 0 radical (unpaired) electrons. The number of imidazole rings is 1. The van der Waals surface area contributed by atoms with Crippen molar-refractivity contribution in [3.63, 3.8) is 0 Å². The smallest absolute Gasteiger partial charge is 0.201 e. The third-order valence-electron chi connectivity index (χ3n) is 3.08. The number of hydrogen-bond donors (Lipinski definition) is 2. The van der Waals surface area contributed by atoms with Crippen LogP contribution in [0.2, 0.25) is 0 Å². The Labute approximate surface area is 102 Å². The summed E-state index contributed by atoms with van der Waals surface area (Å²) in [5.74, 6) is 0.613. The maximum Gasteiger partial charge on any atom is 0.201 e. The van der Waals surface area contributed by atoms with E-state index in [1.165, 1.54) is 0 Å². The molecule has 1 aromatic heterocycles. The van der Waals surface area contributed by atoms with Crippen LogP contribution in [0.1, 0.15) is 12.5 Å². The lowest BCUT2D eigenvalue weighted by molar-refractivity contribution is 0.569. The van der Waals surface area contributed by atoms with E-state index in [0.29, 0.717) is 12.0 Å². The van der Waals surface area contributed by atoms with Gasteiger partial charge in [-0.15, -0.1) is 0 Å². The predicted octanol–water partition coefficient (Wildman–Crippen LogP) is 1.92. The molecule has 0 spiro atoms. The number of rotatable bonds is 1. The molecule has 1 fully saturated rings. The van der Waals surface area contributed by atoms with Crippen molar-refractivity contribution in [1.29, 1.82) is 0 Å². The minimum atomic E-state index is 0.436. The first-order chi connectivity index (χ1) is 7.75. The molecule has 5 heteroatoms. The van der Waals surface area contributed by atoms with Gasteiger partial charge in [-0.3, -0.25) is 0 Å². The Morgan fingerprint density at radius 3 is 3.12 bits per heavy atom. The number of anilines is 1. The van der Waals surface area contributed by atoms with Crippen LogP contribution in [0.15, 0.2) is 22.7 Å². The molecule has 0 amide bonds. The summed E-state index contributed by atoms with van der Waals surface area (Å²) in [5, 5.41) is 3.35. The predicted molar refractivity (Wildman–Crippen MR) is 68.4 cm³/mol. The first kappa shape index (κ1) is 10.1. The highest BCUT2D eigenvalue weighted by atomic mass is 79.9. The first-order valence-electron chi connectivity index (χ1n) is 5.39. The van der Waals surface area contributed by atoms with Crippen LogP contribution in [-0.2, 0) is 0 Å². The van der Waals surface area contributed by atoms with Crippen LogP contribution in [0.4, 0.5) is 5.95 Å². The average molecular weight is 281 g/mol. The maximum absolute atomic E-state index is 5.99. The van der Waals surface area contributed by atoms with Gasteiger partial charge in [0.25, 0.3) is 0 Å². The summed E-state index contributed by atoms with van der Waals surface area (Å²) >= 11 is 3.45. The van der Waals surface area contributed by atoms with Crippen LogP contribution in [0, 0.1) is 0 Å². The number of benzene rings is 1. The number of nitrogens with two attached hydrogens (primary N) is 1. The number of nitrogen functional groups attached to an aromatic ring is 1. The molecule has 1 aliphatic heterocycles. The van der Waals surface area contributed by atoms with Crippen molar-refractivity contribution in [1.82, 2.24) is 14.9 Å². The fourth-order valence-electron chi connectivity index (χ4n) is 2.33. The molecule has 1 unspecified atom stereocenters. The Bertz CT molecular complexity index is 528. The number of fused-ring (bicyclic) bond motifs is 1. The van der Waals surface area contributed by atoms with E-state index in [4.69, 9.17) is 5.73 Å². The second-order valence-electron chi connectivity index (χ2n) is 4.12. The molecule has 4 nitrogen and oxygen atoms in total. The van der Waals surface area contributed by atoms with Gasteiger partial charge in [0.2, 0.25) is 5.95 Å². The summed E-state index contributed by atoms with van der Waals surface area (Å²) in [7, 11) is 0. The minimum Gasteiger partial charge on any atom is -0.369 e. The van der Waals surface area contributed by atoms with Crippen LogP contribution in [0.25, 0.3) is 11.0 Å². The second-order valence-corrected chi connectivity index (χ2v) is 5.04. The highest BCUT2D eigenvalue weighted by molar-refractivity contribution is 9.10. The normalized spacial score (nSPS) is 20.7. The van der Waals surface area contributed by atoms with Gasteiger partial charge in [0.15, 0.2) is 0 Å². The Hall–Kier alpha value is -1.07. The van der Waals surface area contributed by atoms with Crippen LogP contribution in [-0.4, -0.2) is 22.6 Å². The SMILES string of the molecule is Nc1nc2cc(Br)ccc2n1C1CCNC1. The van der Waals surface area contributed by atoms with Crippen LogP contribution in [0.3, 0.4) is 0 Å². The highest BCUT2D eigenvalue weighted by Gasteiger charge is 2.21. The van der Waals surface area contributed by atoms with Crippen LogP contribution < -0.4 is 11.1 Å². The zero-order chi connectivity index (χ0) is 11.1. The van der Waals surface area contributed by atoms with Crippen molar-refractivity contribution in [2.45, 2.75) is 12.5 Å². The number of aromatic nitrogens is 2. The zero-order valence-electron chi connectivity index (χ0n) is 8.78. The third kappa shape index (κ3) is 1.51. The largest absolute Gasteiger partial charge is 0.369 e. The molecule has 16 heavy (non-hydrogen) atoms. The van der Waals surface area contributed by atoms with Gasteiger partial charge >= 0.3 is 0 Å². The van der Waals surface area contributed by atoms with Gasteiger partial charge in [-0.2, -0.15) is 0 Å². The molecule has 1 aromatic carbocycles. The van der Waals surface area contributed by atoms with Gasteiger partial charge in [-0.05, 0) is 31.2 Å². The van der Waals surface area contributed by atoms with Crippen molar-refractivity contribution in [2.24, 2.45) is 0 Å². The van der Waals surface area contributed by atoms with Crippen molar-refractivity contribution in [3.05, 3.63) is 22.7 Å². The van der Waals surface area contributed by atoms with E-state index in [2.05, 4.69) is 36.9 Å². The molecule has 1 saturated heterocycles. The third-order valence-corrected chi connectivity index (χ3v) is 3.57. The summed E-state index contributed by atoms with van der Waals surface area (Å²) in [6.45, 7) is 2.03. The van der Waals surface area contributed by atoms with E-state index in [1.54, 1.807) is 0 Å². The fourth-order valence-corrected chi connectivity index (χ4v) is 2.68. The van der Waals surface area contributed by atoms with Gasteiger partial charge < -0.3 is 15.6 Å². The summed E-state index contributed by atoms with van der Waals surface area (Å²) in [5.41, 5.74) is 8.07. The van der Waals surface area contributed by atoms with Gasteiger partial charge in [0, 0.05) is 11.0 Å². The number of nitrogens with zero attached hydrogens (tertiary/aromatic N) is 2. The lowest BCUT2D eigenvalue weighted by Gasteiger charge is -2.13. The Morgan fingerprint density at radius 1 is 1.50 bits per heavy atom. The molecule has 1 atom stereocenters. The first-order valence-corrected chi connectivity index (χ1v) is 6.18. The molecule has 0 saturated carbocycles. The molecule has 2 aromatic rings. The molecule has 84 valence electrons. The Kier molecular flexibility index (Phi) is 2.37. The van der Waals surface area contributed by atoms with E-state index < -0.39 is 0 Å².